The van der Waals surface area contributed by atoms with Crippen molar-refractivity contribution in [2.45, 2.75) is 6.61 Å². The molecular formula is C18H11Cl2F2NO2S. The zero-order chi connectivity index (χ0) is 18.7. The molecule has 0 atom stereocenters. The molecule has 0 aliphatic carbocycles. The molecule has 0 radical (unpaired) electrons. The Balaban J connectivity index is 1.65. The minimum Gasteiger partial charge on any atom is -0.486 e. The number of carbonyl (C=O) groups is 1. The number of hydrogen-bond acceptors (Lipinski definition) is 3. The number of thiophene rings is 1. The van der Waals surface area contributed by atoms with Crippen LogP contribution < -0.4 is 10.1 Å². The number of halogens is 4. The molecule has 0 spiro atoms. The fourth-order valence-electron chi connectivity index (χ4n) is 2.11. The second-order valence-corrected chi connectivity index (χ2v) is 6.93. The maximum Gasteiger partial charge on any atom is 0.265 e. The van der Waals surface area contributed by atoms with E-state index < -0.39 is 11.6 Å². The van der Waals surface area contributed by atoms with E-state index in [1.807, 2.05) is 0 Å². The predicted octanol–water partition coefficient (Wildman–Crippen LogP) is 6.16. The number of rotatable bonds is 5. The van der Waals surface area contributed by atoms with Crippen LogP contribution in [0.5, 0.6) is 5.75 Å². The van der Waals surface area contributed by atoms with Crippen LogP contribution in [0.25, 0.3) is 0 Å². The standard InChI is InChI=1S/C18H11Cl2F2NO2S/c19-12-2-1-3-14(17(12)20)23-18(24)16-6-10(9-26-16)8-25-15-5-4-11(21)7-13(15)22/h1-7,9H,8H2,(H,23,24). The number of ether oxygens (including phenoxy) is 1. The van der Waals surface area contributed by atoms with E-state index >= 15 is 0 Å². The van der Waals surface area contributed by atoms with Gasteiger partial charge in [-0.2, -0.15) is 0 Å². The quantitative estimate of drug-likeness (QED) is 0.543. The van der Waals surface area contributed by atoms with Gasteiger partial charge in [-0.15, -0.1) is 11.3 Å². The summed E-state index contributed by atoms with van der Waals surface area (Å²) >= 11 is 13.2. The van der Waals surface area contributed by atoms with E-state index in [1.54, 1.807) is 29.6 Å². The molecule has 1 amide bonds. The van der Waals surface area contributed by atoms with Crippen molar-refractivity contribution >= 4 is 46.1 Å². The lowest BCUT2D eigenvalue weighted by Crippen LogP contribution is -2.10. The van der Waals surface area contributed by atoms with E-state index in [1.165, 1.54) is 17.4 Å². The summed E-state index contributed by atoms with van der Waals surface area (Å²) in [5, 5.41) is 5.00. The van der Waals surface area contributed by atoms with Crippen molar-refractivity contribution in [1.29, 1.82) is 0 Å². The smallest absolute Gasteiger partial charge is 0.265 e. The van der Waals surface area contributed by atoms with Crippen molar-refractivity contribution in [1.82, 2.24) is 0 Å². The van der Waals surface area contributed by atoms with Crippen LogP contribution in [0.15, 0.2) is 47.8 Å². The van der Waals surface area contributed by atoms with Gasteiger partial charge in [0, 0.05) is 11.6 Å². The number of amides is 1. The third-order valence-electron chi connectivity index (χ3n) is 3.37. The van der Waals surface area contributed by atoms with E-state index in [4.69, 9.17) is 27.9 Å². The van der Waals surface area contributed by atoms with Gasteiger partial charge in [-0.05, 0) is 35.7 Å². The summed E-state index contributed by atoms with van der Waals surface area (Å²) in [6.45, 7) is 0.0459. The van der Waals surface area contributed by atoms with E-state index in [0.29, 0.717) is 21.2 Å². The van der Waals surface area contributed by atoms with Crippen molar-refractivity contribution < 1.29 is 18.3 Å². The molecule has 1 aromatic heterocycles. The van der Waals surface area contributed by atoms with Crippen molar-refractivity contribution in [2.75, 3.05) is 5.32 Å². The van der Waals surface area contributed by atoms with Crippen LogP contribution in [-0.2, 0) is 6.61 Å². The molecule has 0 aliphatic heterocycles. The Labute approximate surface area is 162 Å². The Morgan fingerprint density at radius 2 is 1.96 bits per heavy atom. The lowest BCUT2D eigenvalue weighted by molar-refractivity contribution is 0.103. The van der Waals surface area contributed by atoms with Gasteiger partial charge in [-0.1, -0.05) is 29.3 Å². The van der Waals surface area contributed by atoms with Crippen LogP contribution in [0, 0.1) is 11.6 Å². The van der Waals surface area contributed by atoms with Crippen LogP contribution in [0.4, 0.5) is 14.5 Å². The average Bonchev–Trinajstić information content (AvgIpc) is 3.07. The molecule has 0 aliphatic rings. The SMILES string of the molecule is O=C(Nc1cccc(Cl)c1Cl)c1cc(COc2ccc(F)cc2F)cs1. The summed E-state index contributed by atoms with van der Waals surface area (Å²) in [5.41, 5.74) is 1.09. The lowest BCUT2D eigenvalue weighted by Gasteiger charge is -2.07. The topological polar surface area (TPSA) is 38.3 Å². The lowest BCUT2D eigenvalue weighted by atomic mass is 10.3. The number of carbonyl (C=O) groups excluding carboxylic acids is 1. The average molecular weight is 414 g/mol. The highest BCUT2D eigenvalue weighted by molar-refractivity contribution is 7.12. The molecule has 26 heavy (non-hydrogen) atoms. The molecule has 0 fully saturated rings. The van der Waals surface area contributed by atoms with E-state index in [-0.39, 0.29) is 23.3 Å². The first-order valence-corrected chi connectivity index (χ1v) is 8.98. The number of benzene rings is 2. The first-order chi connectivity index (χ1) is 12.4. The molecule has 0 bridgehead atoms. The van der Waals surface area contributed by atoms with Crippen molar-refractivity contribution in [3.63, 3.8) is 0 Å². The molecule has 1 heterocycles. The van der Waals surface area contributed by atoms with Crippen molar-refractivity contribution in [3.05, 3.63) is 80.0 Å². The normalized spacial score (nSPS) is 10.6. The van der Waals surface area contributed by atoms with Gasteiger partial charge in [0.15, 0.2) is 11.6 Å². The predicted molar refractivity (Wildman–Crippen MR) is 99.4 cm³/mol. The van der Waals surface area contributed by atoms with Gasteiger partial charge in [0.2, 0.25) is 0 Å². The van der Waals surface area contributed by atoms with Crippen LogP contribution in [0.3, 0.4) is 0 Å². The maximum atomic E-state index is 13.5. The molecule has 3 nitrogen and oxygen atoms in total. The Morgan fingerprint density at radius 1 is 1.15 bits per heavy atom. The van der Waals surface area contributed by atoms with Gasteiger partial charge in [-0.25, -0.2) is 8.78 Å². The first-order valence-electron chi connectivity index (χ1n) is 7.34. The van der Waals surface area contributed by atoms with E-state index in [0.717, 1.165) is 12.1 Å². The third kappa shape index (κ3) is 4.33. The molecule has 8 heteroatoms. The number of hydrogen-bond donors (Lipinski definition) is 1. The van der Waals surface area contributed by atoms with Crippen LogP contribution >= 0.6 is 34.5 Å². The molecule has 0 saturated carbocycles. The molecule has 3 rings (SSSR count). The van der Waals surface area contributed by atoms with Crippen LogP contribution in [0.2, 0.25) is 10.0 Å². The molecule has 0 unspecified atom stereocenters. The summed E-state index contributed by atoms with van der Waals surface area (Å²) in [5.74, 6) is -1.87. The fourth-order valence-corrected chi connectivity index (χ4v) is 3.25. The highest BCUT2D eigenvalue weighted by atomic mass is 35.5. The third-order valence-corrected chi connectivity index (χ3v) is 5.16. The summed E-state index contributed by atoms with van der Waals surface area (Å²) in [4.78, 5) is 12.7. The first kappa shape index (κ1) is 18.6. The number of anilines is 1. The van der Waals surface area contributed by atoms with Gasteiger partial charge in [0.1, 0.15) is 12.4 Å². The minimum absolute atomic E-state index is 0.0459. The van der Waals surface area contributed by atoms with Gasteiger partial charge in [-0.3, -0.25) is 4.79 Å². The minimum atomic E-state index is -0.784. The zero-order valence-corrected chi connectivity index (χ0v) is 15.4. The second-order valence-electron chi connectivity index (χ2n) is 5.24. The maximum absolute atomic E-state index is 13.5. The molecule has 1 N–H and O–H groups in total. The van der Waals surface area contributed by atoms with E-state index in [9.17, 15) is 13.6 Å². The second kappa shape index (κ2) is 8.03. The summed E-state index contributed by atoms with van der Waals surface area (Å²) in [6, 6.07) is 9.63. The molecule has 134 valence electrons. The highest BCUT2D eigenvalue weighted by Crippen LogP contribution is 2.30. The zero-order valence-electron chi connectivity index (χ0n) is 13.1. The summed E-state index contributed by atoms with van der Waals surface area (Å²) < 4.78 is 31.7. The van der Waals surface area contributed by atoms with Crippen LogP contribution in [-0.4, -0.2) is 5.91 Å². The van der Waals surface area contributed by atoms with Gasteiger partial charge >= 0.3 is 0 Å². The largest absolute Gasteiger partial charge is 0.486 e. The Bertz CT molecular complexity index is 962. The molecule has 0 saturated heterocycles. The van der Waals surface area contributed by atoms with Crippen molar-refractivity contribution in [2.24, 2.45) is 0 Å². The van der Waals surface area contributed by atoms with Crippen molar-refractivity contribution in [3.8, 4) is 5.75 Å². The summed E-state index contributed by atoms with van der Waals surface area (Å²) in [7, 11) is 0. The number of nitrogens with one attached hydrogen (secondary N) is 1. The van der Waals surface area contributed by atoms with Crippen LogP contribution in [0.1, 0.15) is 15.2 Å². The van der Waals surface area contributed by atoms with E-state index in [2.05, 4.69) is 5.32 Å². The Kier molecular flexibility index (Phi) is 5.76. The Morgan fingerprint density at radius 3 is 2.73 bits per heavy atom. The van der Waals surface area contributed by atoms with Gasteiger partial charge in [0.25, 0.3) is 5.91 Å². The summed E-state index contributed by atoms with van der Waals surface area (Å²) in [6.07, 6.45) is 0. The highest BCUT2D eigenvalue weighted by Gasteiger charge is 2.13. The monoisotopic (exact) mass is 413 g/mol. The Hall–Kier alpha value is -2.15. The van der Waals surface area contributed by atoms with Gasteiger partial charge in [0.05, 0.1) is 20.6 Å². The molecule has 3 aromatic rings. The fraction of sp³-hybridized carbons (Fsp3) is 0.0556. The molecule has 2 aromatic carbocycles. The van der Waals surface area contributed by atoms with Gasteiger partial charge < -0.3 is 10.1 Å². The molecular weight excluding hydrogens is 403 g/mol.